The summed E-state index contributed by atoms with van der Waals surface area (Å²) in [6.07, 6.45) is 5.31. The lowest BCUT2D eigenvalue weighted by Gasteiger charge is -2.23. The fourth-order valence-electron chi connectivity index (χ4n) is 5.82. The minimum atomic E-state index is -3.18. The van der Waals surface area contributed by atoms with Gasteiger partial charge in [0.1, 0.15) is 5.65 Å². The van der Waals surface area contributed by atoms with E-state index < -0.39 is 9.84 Å². The van der Waals surface area contributed by atoms with E-state index in [-0.39, 0.29) is 34.1 Å². The maximum atomic E-state index is 12.5. The van der Waals surface area contributed by atoms with Gasteiger partial charge in [0.2, 0.25) is 0 Å². The Bertz CT molecular complexity index is 2000. The lowest BCUT2D eigenvalue weighted by atomic mass is 9.87. The smallest absolute Gasteiger partial charge is 0.354 e. The Kier molecular flexibility index (Phi) is 14.0. The molecule has 4 aromatic rings. The first-order chi connectivity index (χ1) is 24.9. The molecule has 3 heterocycles. The molecule has 0 saturated carbocycles. The first-order valence-corrected chi connectivity index (χ1v) is 19.9. The molecule has 0 aliphatic carbocycles. The maximum Gasteiger partial charge on any atom is 0.354 e. The normalized spacial score (nSPS) is 14.0. The summed E-state index contributed by atoms with van der Waals surface area (Å²) in [5, 5.41) is 10.5. The number of benzene rings is 2. The number of rotatable bonds is 12. The highest BCUT2D eigenvalue weighted by Gasteiger charge is 2.19. The maximum absolute atomic E-state index is 12.5. The van der Waals surface area contributed by atoms with Crippen molar-refractivity contribution in [2.75, 3.05) is 38.5 Å². The Morgan fingerprint density at radius 3 is 2.21 bits per heavy atom. The molecule has 1 fully saturated rings. The second kappa shape index (κ2) is 18.0. The molecule has 1 saturated heterocycles. The van der Waals surface area contributed by atoms with Crippen molar-refractivity contribution in [1.82, 2.24) is 30.5 Å². The summed E-state index contributed by atoms with van der Waals surface area (Å²) in [5.74, 6) is 0.0431. The fraction of sp³-hybridized carbons (Fsp3) is 0.487. The van der Waals surface area contributed by atoms with Crippen LogP contribution < -0.4 is 33.1 Å². The number of H-pyrrole nitrogens is 1. The summed E-state index contributed by atoms with van der Waals surface area (Å²) in [5.41, 5.74) is 14.0. The molecular formula is C39H57N9O4S. The number of carbonyl (C=O) groups excluding carboxylic acids is 1. The number of nitrogens with one attached hydrogen (secondary N) is 4. The molecule has 1 aliphatic rings. The van der Waals surface area contributed by atoms with E-state index in [0.29, 0.717) is 53.8 Å². The van der Waals surface area contributed by atoms with E-state index in [1.807, 2.05) is 18.2 Å². The van der Waals surface area contributed by atoms with Crippen LogP contribution in [0.5, 0.6) is 0 Å². The molecule has 2 aromatic carbocycles. The summed E-state index contributed by atoms with van der Waals surface area (Å²) >= 11 is 0. The summed E-state index contributed by atoms with van der Waals surface area (Å²) in [6, 6.07) is 16.7. The predicted octanol–water partition coefficient (Wildman–Crippen LogP) is 3.89. The molecule has 2 aromatic heterocycles. The Balaban J connectivity index is 0.000000245. The highest BCUT2D eigenvalue weighted by molar-refractivity contribution is 7.91. The largest absolute Gasteiger partial charge is 0.370 e. The van der Waals surface area contributed by atoms with Crippen LogP contribution >= 0.6 is 0 Å². The van der Waals surface area contributed by atoms with E-state index in [4.69, 9.17) is 11.5 Å². The third kappa shape index (κ3) is 12.3. The van der Waals surface area contributed by atoms with Gasteiger partial charge in [-0.15, -0.1) is 0 Å². The zero-order valence-corrected chi connectivity index (χ0v) is 32.8. The average Bonchev–Trinajstić information content (AvgIpc) is 3.54. The summed E-state index contributed by atoms with van der Waals surface area (Å²) in [7, 11) is -3.18. The number of nitrogens with two attached hydrogens (primary N) is 2. The third-order valence-corrected chi connectivity index (χ3v) is 10.9. The topological polar surface area (TPSA) is 202 Å². The van der Waals surface area contributed by atoms with Crippen LogP contribution in [0.3, 0.4) is 0 Å². The van der Waals surface area contributed by atoms with E-state index in [0.717, 1.165) is 49.1 Å². The monoisotopic (exact) mass is 747 g/mol. The molecular weight excluding hydrogens is 691 g/mol. The molecule has 0 radical (unpaired) electrons. The second-order valence-corrected chi connectivity index (χ2v) is 17.6. The van der Waals surface area contributed by atoms with Crippen LogP contribution in [-0.2, 0) is 20.7 Å². The Morgan fingerprint density at radius 2 is 1.60 bits per heavy atom. The molecule has 5 rings (SSSR count). The number of amides is 1. The second-order valence-electron chi connectivity index (χ2n) is 15.5. The molecule has 53 heavy (non-hydrogen) atoms. The number of fused-ring (bicyclic) bond motifs is 1. The highest BCUT2D eigenvalue weighted by Crippen LogP contribution is 2.25. The molecule has 0 spiro atoms. The quantitative estimate of drug-likeness (QED) is 0.0706. The number of piperidine rings is 1. The summed E-state index contributed by atoms with van der Waals surface area (Å²) < 4.78 is 26.3. The van der Waals surface area contributed by atoms with Crippen LogP contribution in [-0.4, -0.2) is 79.3 Å². The highest BCUT2D eigenvalue weighted by atomic mass is 32.2. The number of guanidine groups is 1. The molecule has 0 bridgehead atoms. The van der Waals surface area contributed by atoms with Crippen LogP contribution in [0.4, 0.5) is 0 Å². The van der Waals surface area contributed by atoms with Crippen molar-refractivity contribution in [3.63, 3.8) is 0 Å². The van der Waals surface area contributed by atoms with E-state index in [2.05, 4.69) is 72.5 Å². The number of hydrogen-bond donors (Lipinski definition) is 6. The van der Waals surface area contributed by atoms with E-state index in [9.17, 15) is 18.0 Å². The van der Waals surface area contributed by atoms with Crippen LogP contribution in [0.2, 0.25) is 0 Å². The van der Waals surface area contributed by atoms with Gasteiger partial charge in [0.25, 0.3) is 5.91 Å². The number of carbonyl (C=O) groups is 1. The third-order valence-electron chi connectivity index (χ3n) is 9.08. The lowest BCUT2D eigenvalue weighted by Crippen LogP contribution is -2.40. The van der Waals surface area contributed by atoms with Gasteiger partial charge in [-0.1, -0.05) is 53.7 Å². The minimum absolute atomic E-state index is 0.0362. The number of sulfone groups is 1. The number of aromatic amines is 1. The number of aromatic nitrogens is 3. The van der Waals surface area contributed by atoms with Crippen molar-refractivity contribution in [3.05, 3.63) is 88.1 Å². The van der Waals surface area contributed by atoms with Crippen molar-refractivity contribution in [1.29, 1.82) is 0 Å². The van der Waals surface area contributed by atoms with Gasteiger partial charge in [-0.05, 0) is 98.8 Å². The summed E-state index contributed by atoms with van der Waals surface area (Å²) in [6.45, 7) is 16.4. The number of hydrogen-bond acceptors (Lipinski definition) is 8. The molecule has 8 N–H and O–H groups in total. The molecule has 1 aliphatic heterocycles. The Labute approximate surface area is 313 Å². The minimum Gasteiger partial charge on any atom is -0.370 e. The van der Waals surface area contributed by atoms with Crippen LogP contribution in [0, 0.1) is 0 Å². The fourth-order valence-corrected chi connectivity index (χ4v) is 7.13. The van der Waals surface area contributed by atoms with Crippen LogP contribution in [0.15, 0.2) is 75.5 Å². The zero-order valence-electron chi connectivity index (χ0n) is 32.0. The van der Waals surface area contributed by atoms with Gasteiger partial charge in [-0.3, -0.25) is 14.4 Å². The van der Waals surface area contributed by atoms with Crippen LogP contribution in [0.25, 0.3) is 16.7 Å². The zero-order chi connectivity index (χ0) is 38.8. The van der Waals surface area contributed by atoms with Gasteiger partial charge in [-0.25, -0.2) is 13.2 Å². The molecule has 288 valence electrons. The molecule has 1 amide bonds. The van der Waals surface area contributed by atoms with Gasteiger partial charge in [0.05, 0.1) is 16.3 Å². The SMILES string of the molecule is CC(C)(C)c1cc2cn(-c3ccc(C(=O)NCCCN=C(N)N)cc3)c(=O)nc2[nH]1.CC(C)(C)c1ccc(S(=O)(=O)CCCNC2CCNCC2)cc1. The lowest BCUT2D eigenvalue weighted by molar-refractivity contribution is 0.0953. The van der Waals surface area contributed by atoms with E-state index in [1.54, 1.807) is 42.6 Å². The first-order valence-electron chi connectivity index (χ1n) is 18.3. The summed E-state index contributed by atoms with van der Waals surface area (Å²) in [4.78, 5) is 36.4. The van der Waals surface area contributed by atoms with Crippen molar-refractivity contribution >= 4 is 32.7 Å². The number of nitrogens with zero attached hydrogens (tertiary/aromatic N) is 3. The van der Waals surface area contributed by atoms with E-state index in [1.165, 1.54) is 4.57 Å². The average molecular weight is 748 g/mol. The number of aliphatic imine (C=N–C) groups is 1. The Morgan fingerprint density at radius 1 is 0.943 bits per heavy atom. The molecule has 13 nitrogen and oxygen atoms in total. The van der Waals surface area contributed by atoms with Crippen molar-refractivity contribution in [2.24, 2.45) is 16.5 Å². The Hall–Kier alpha value is -4.53. The van der Waals surface area contributed by atoms with Crippen LogP contribution in [0.1, 0.15) is 88.8 Å². The van der Waals surface area contributed by atoms with Gasteiger partial charge in [0, 0.05) is 47.4 Å². The van der Waals surface area contributed by atoms with Crippen molar-refractivity contribution in [2.45, 2.75) is 89.0 Å². The van der Waals surface area contributed by atoms with Crippen molar-refractivity contribution in [3.8, 4) is 5.69 Å². The van der Waals surface area contributed by atoms with Gasteiger partial charge in [0.15, 0.2) is 15.8 Å². The molecule has 0 atom stereocenters. The van der Waals surface area contributed by atoms with Gasteiger partial charge < -0.3 is 32.4 Å². The first kappa shape index (κ1) is 41.2. The predicted molar refractivity (Wildman–Crippen MR) is 214 cm³/mol. The van der Waals surface area contributed by atoms with Crippen molar-refractivity contribution < 1.29 is 13.2 Å². The van der Waals surface area contributed by atoms with E-state index >= 15 is 0 Å². The van der Waals surface area contributed by atoms with Gasteiger partial charge in [-0.2, -0.15) is 4.98 Å². The van der Waals surface area contributed by atoms with Gasteiger partial charge >= 0.3 is 5.69 Å². The molecule has 0 unspecified atom stereocenters. The molecule has 14 heteroatoms. The standard InChI is InChI=1S/C21H27N7O2.C18H30N2O2S/c1-21(2,3)16-11-14-12-28(20(30)27-17(14)26-16)15-7-5-13(6-8-15)18(29)24-9-4-10-25-19(22)23;1-18(2,3)15-5-7-17(8-6-15)23(21,22)14-4-11-20-16-9-12-19-13-10-16/h5-8,11-12H,4,9-10H2,1-3H3,(H,24,29)(H4,22,23,25)(H,26,27,30);5-8,16,19-20H,4,9-14H2,1-3H3.